The number of carbonyl (C=O) groups excluding carboxylic acids is 1. The van der Waals surface area contributed by atoms with Gasteiger partial charge in [-0.2, -0.15) is 0 Å². The third-order valence-electron chi connectivity index (χ3n) is 3.77. The minimum Gasteiger partial charge on any atom is -0.315 e. The van der Waals surface area contributed by atoms with E-state index in [0.717, 1.165) is 26.5 Å². The molecule has 0 fully saturated rings. The molecule has 3 aromatic carbocycles. The smallest absolute Gasteiger partial charge is 0.231 e. The Morgan fingerprint density at radius 2 is 1.64 bits per heavy atom. The van der Waals surface area contributed by atoms with Gasteiger partial charge in [-0.05, 0) is 29.1 Å². The Hall–Kier alpha value is -2.13. The van der Waals surface area contributed by atoms with Crippen LogP contribution in [0.5, 0.6) is 0 Å². The van der Waals surface area contributed by atoms with Gasteiger partial charge in [0.05, 0.1) is 12.1 Å². The van der Waals surface area contributed by atoms with Crippen LogP contribution in [0.1, 0.15) is 5.56 Å². The molecule has 110 valence electrons. The van der Waals surface area contributed by atoms with E-state index in [2.05, 4.69) is 28.1 Å². The molecule has 0 N–H and O–H groups in total. The second kappa shape index (κ2) is 6.32. The summed E-state index contributed by atoms with van der Waals surface area (Å²) in [6.45, 7) is 0. The van der Waals surface area contributed by atoms with Crippen LogP contribution in [-0.4, -0.2) is 13.0 Å². The van der Waals surface area contributed by atoms with Crippen molar-refractivity contribution in [3.8, 4) is 0 Å². The molecular weight excluding hydrogens is 338 g/mol. The number of benzene rings is 3. The molecule has 0 spiro atoms. The van der Waals surface area contributed by atoms with Gasteiger partial charge in [0.25, 0.3) is 0 Å². The number of amides is 1. The molecule has 2 nitrogen and oxygen atoms in total. The second-order valence-electron chi connectivity index (χ2n) is 5.25. The van der Waals surface area contributed by atoms with Crippen LogP contribution in [0, 0.1) is 0 Å². The van der Waals surface area contributed by atoms with Gasteiger partial charge in [0.1, 0.15) is 0 Å². The summed E-state index contributed by atoms with van der Waals surface area (Å²) in [6.07, 6.45) is 0.396. The summed E-state index contributed by atoms with van der Waals surface area (Å²) in [5.41, 5.74) is 1.96. The maximum Gasteiger partial charge on any atom is 0.231 e. The number of nitrogens with zero attached hydrogens (tertiary/aromatic N) is 1. The normalized spacial score (nSPS) is 10.6. The fourth-order valence-electron chi connectivity index (χ4n) is 2.53. The molecule has 0 aliphatic carbocycles. The Morgan fingerprint density at radius 3 is 2.41 bits per heavy atom. The van der Waals surface area contributed by atoms with Gasteiger partial charge in [-0.15, -0.1) is 0 Å². The van der Waals surface area contributed by atoms with Gasteiger partial charge in [-0.3, -0.25) is 4.79 Å². The van der Waals surface area contributed by atoms with Gasteiger partial charge in [-0.25, -0.2) is 0 Å². The average molecular weight is 354 g/mol. The third-order valence-corrected chi connectivity index (χ3v) is 4.30. The molecular formula is C19H16BrNO. The fraction of sp³-hybridized carbons (Fsp3) is 0.105. The van der Waals surface area contributed by atoms with E-state index in [1.807, 2.05) is 61.6 Å². The molecule has 0 aliphatic rings. The van der Waals surface area contributed by atoms with Crippen LogP contribution < -0.4 is 4.90 Å². The van der Waals surface area contributed by atoms with Gasteiger partial charge in [-0.1, -0.05) is 64.5 Å². The van der Waals surface area contributed by atoms with Crippen molar-refractivity contribution in [1.82, 2.24) is 0 Å². The van der Waals surface area contributed by atoms with Crippen molar-refractivity contribution < 1.29 is 4.79 Å². The molecule has 0 aromatic heterocycles. The van der Waals surface area contributed by atoms with Crippen molar-refractivity contribution in [2.24, 2.45) is 0 Å². The Bertz CT molecular complexity index is 806. The van der Waals surface area contributed by atoms with Gasteiger partial charge in [0, 0.05) is 16.9 Å². The van der Waals surface area contributed by atoms with Crippen LogP contribution in [0.3, 0.4) is 0 Å². The number of hydrogen-bond acceptors (Lipinski definition) is 1. The zero-order valence-electron chi connectivity index (χ0n) is 12.3. The van der Waals surface area contributed by atoms with E-state index in [9.17, 15) is 4.79 Å². The van der Waals surface area contributed by atoms with Crippen molar-refractivity contribution in [2.75, 3.05) is 11.9 Å². The monoisotopic (exact) mass is 353 g/mol. The Kier molecular flexibility index (Phi) is 4.25. The fourth-order valence-corrected chi connectivity index (χ4v) is 2.79. The van der Waals surface area contributed by atoms with E-state index in [0.29, 0.717) is 6.42 Å². The molecule has 0 unspecified atom stereocenters. The van der Waals surface area contributed by atoms with E-state index < -0.39 is 0 Å². The number of anilines is 1. The maximum absolute atomic E-state index is 12.6. The predicted octanol–water partition coefficient (Wildman–Crippen LogP) is 4.81. The summed E-state index contributed by atoms with van der Waals surface area (Å²) in [5, 5.41) is 2.24. The lowest BCUT2D eigenvalue weighted by molar-refractivity contribution is -0.117. The minimum absolute atomic E-state index is 0.0821. The number of hydrogen-bond donors (Lipinski definition) is 0. The third kappa shape index (κ3) is 3.04. The molecule has 0 atom stereocenters. The molecule has 3 aromatic rings. The number of likely N-dealkylation sites (N-methyl/N-ethyl adjacent to an activating group) is 1. The van der Waals surface area contributed by atoms with Gasteiger partial charge < -0.3 is 4.90 Å². The van der Waals surface area contributed by atoms with Gasteiger partial charge >= 0.3 is 0 Å². The lowest BCUT2D eigenvalue weighted by Crippen LogP contribution is -2.28. The van der Waals surface area contributed by atoms with Crippen LogP contribution in [0.2, 0.25) is 0 Å². The average Bonchev–Trinajstić information content (AvgIpc) is 2.55. The first-order valence-electron chi connectivity index (χ1n) is 7.14. The SMILES string of the molecule is CN(C(=O)Cc1ccc(Br)cc1)c1cccc2ccccc12. The Labute approximate surface area is 138 Å². The second-order valence-corrected chi connectivity index (χ2v) is 6.17. The molecule has 1 amide bonds. The number of carbonyl (C=O) groups is 1. The van der Waals surface area contributed by atoms with E-state index >= 15 is 0 Å². The molecule has 0 radical (unpaired) electrons. The predicted molar refractivity (Wildman–Crippen MR) is 95.2 cm³/mol. The lowest BCUT2D eigenvalue weighted by atomic mass is 10.1. The van der Waals surface area contributed by atoms with E-state index in [1.165, 1.54) is 0 Å². The van der Waals surface area contributed by atoms with Crippen LogP contribution in [0.25, 0.3) is 10.8 Å². The number of halogens is 1. The van der Waals surface area contributed by atoms with Crippen LogP contribution >= 0.6 is 15.9 Å². The van der Waals surface area contributed by atoms with Crippen molar-refractivity contribution in [3.05, 3.63) is 76.8 Å². The van der Waals surface area contributed by atoms with Crippen molar-refractivity contribution in [3.63, 3.8) is 0 Å². The van der Waals surface area contributed by atoms with Gasteiger partial charge in [0.2, 0.25) is 5.91 Å². The van der Waals surface area contributed by atoms with Crippen LogP contribution in [-0.2, 0) is 11.2 Å². The zero-order valence-corrected chi connectivity index (χ0v) is 13.9. The Balaban J connectivity index is 1.87. The van der Waals surface area contributed by atoms with E-state index in [4.69, 9.17) is 0 Å². The molecule has 0 heterocycles. The highest BCUT2D eigenvalue weighted by atomic mass is 79.9. The maximum atomic E-state index is 12.6. The summed E-state index contributed by atoms with van der Waals surface area (Å²) in [7, 11) is 1.84. The topological polar surface area (TPSA) is 20.3 Å². The molecule has 0 bridgehead atoms. The summed E-state index contributed by atoms with van der Waals surface area (Å²) < 4.78 is 1.02. The summed E-state index contributed by atoms with van der Waals surface area (Å²) in [6, 6.07) is 22.0. The largest absolute Gasteiger partial charge is 0.315 e. The zero-order chi connectivity index (χ0) is 15.5. The first kappa shape index (κ1) is 14.8. The quantitative estimate of drug-likeness (QED) is 0.661. The molecule has 3 heteroatoms. The van der Waals surface area contributed by atoms with Crippen molar-refractivity contribution in [2.45, 2.75) is 6.42 Å². The molecule has 22 heavy (non-hydrogen) atoms. The van der Waals surface area contributed by atoms with Crippen molar-refractivity contribution in [1.29, 1.82) is 0 Å². The molecule has 0 saturated heterocycles. The van der Waals surface area contributed by atoms with E-state index in [-0.39, 0.29) is 5.91 Å². The Morgan fingerprint density at radius 1 is 0.955 bits per heavy atom. The highest BCUT2D eigenvalue weighted by Crippen LogP contribution is 2.26. The molecule has 0 saturated carbocycles. The standard InChI is InChI=1S/C19H16BrNO/c1-21(19(22)13-14-9-11-16(20)12-10-14)18-8-4-6-15-5-2-3-7-17(15)18/h2-12H,13H2,1H3. The highest BCUT2D eigenvalue weighted by Gasteiger charge is 2.13. The summed E-state index contributed by atoms with van der Waals surface area (Å²) >= 11 is 3.41. The lowest BCUT2D eigenvalue weighted by Gasteiger charge is -2.19. The van der Waals surface area contributed by atoms with Crippen LogP contribution in [0.4, 0.5) is 5.69 Å². The summed E-state index contributed by atoms with van der Waals surface area (Å²) in [5.74, 6) is 0.0821. The number of fused-ring (bicyclic) bond motifs is 1. The number of rotatable bonds is 3. The molecule has 0 aliphatic heterocycles. The van der Waals surface area contributed by atoms with Crippen molar-refractivity contribution >= 4 is 38.3 Å². The summed E-state index contributed by atoms with van der Waals surface area (Å²) in [4.78, 5) is 14.3. The first-order valence-corrected chi connectivity index (χ1v) is 7.93. The minimum atomic E-state index is 0.0821. The first-order chi connectivity index (χ1) is 10.6. The highest BCUT2D eigenvalue weighted by molar-refractivity contribution is 9.10. The van der Waals surface area contributed by atoms with Crippen LogP contribution in [0.15, 0.2) is 71.2 Å². The molecule has 3 rings (SSSR count). The van der Waals surface area contributed by atoms with E-state index in [1.54, 1.807) is 4.90 Å². The van der Waals surface area contributed by atoms with Gasteiger partial charge in [0.15, 0.2) is 0 Å².